The molecular weight excluding hydrogens is 376 g/mol. The Morgan fingerprint density at radius 2 is 1.86 bits per heavy atom. The lowest BCUT2D eigenvalue weighted by Gasteiger charge is -2.33. The highest BCUT2D eigenvalue weighted by Gasteiger charge is 2.41. The summed E-state index contributed by atoms with van der Waals surface area (Å²) >= 11 is 0. The molecule has 1 aliphatic heterocycles. The van der Waals surface area contributed by atoms with E-state index in [2.05, 4.69) is 10.1 Å². The zero-order valence-electron chi connectivity index (χ0n) is 17.4. The van der Waals surface area contributed by atoms with Crippen molar-refractivity contribution >= 4 is 18.0 Å². The minimum Gasteiger partial charge on any atom is -0.461 e. The summed E-state index contributed by atoms with van der Waals surface area (Å²) in [5, 5.41) is 2.54. The predicted octanol–water partition coefficient (Wildman–Crippen LogP) is 2.12. The van der Waals surface area contributed by atoms with Gasteiger partial charge < -0.3 is 24.4 Å². The number of nitrogens with one attached hydrogen (secondary N) is 1. The number of alkyl carbamates (subject to hydrolysis) is 1. The van der Waals surface area contributed by atoms with Crippen LogP contribution in [0.1, 0.15) is 32.3 Å². The molecule has 1 unspecified atom stereocenters. The summed E-state index contributed by atoms with van der Waals surface area (Å²) in [5.74, 6) is -1.13. The lowest BCUT2D eigenvalue weighted by atomic mass is 9.98. The second kappa shape index (κ2) is 10.8. The van der Waals surface area contributed by atoms with Gasteiger partial charge >= 0.3 is 12.1 Å². The number of hydrogen-bond acceptors (Lipinski definition) is 6. The molecule has 0 saturated carbocycles. The number of carbonyl (C=O) groups excluding carboxylic acids is 3. The number of ether oxygens (including phenoxy) is 3. The minimum absolute atomic E-state index is 0.192. The second-order valence-electron chi connectivity index (χ2n) is 7.18. The topological polar surface area (TPSA) is 94.2 Å². The zero-order chi connectivity index (χ0) is 21.4. The standard InChI is InChI=1S/C21H30N2O6/c1-14(20(25)29-13-16-9-6-5-7-10-16)17-11-8-12-23(17)19(24)18(15(2)27-3)22-21(26)28-4/h5-7,9-10,14-15,17-18H,8,11-13H2,1-4H3,(H,22,26)/t14?,15-,17-,18-/m0/s1. The summed E-state index contributed by atoms with van der Waals surface area (Å²) in [7, 11) is 2.70. The number of carbonyl (C=O) groups is 3. The van der Waals surface area contributed by atoms with Gasteiger partial charge in [-0.05, 0) is 32.3 Å². The van der Waals surface area contributed by atoms with E-state index < -0.39 is 24.2 Å². The zero-order valence-corrected chi connectivity index (χ0v) is 17.4. The van der Waals surface area contributed by atoms with Crippen molar-refractivity contribution in [2.75, 3.05) is 20.8 Å². The number of likely N-dealkylation sites (tertiary alicyclic amines) is 1. The molecule has 1 aliphatic rings. The third-order valence-electron chi connectivity index (χ3n) is 5.32. The molecule has 0 bridgehead atoms. The second-order valence-corrected chi connectivity index (χ2v) is 7.18. The van der Waals surface area contributed by atoms with Crippen LogP contribution in [0.15, 0.2) is 30.3 Å². The van der Waals surface area contributed by atoms with E-state index in [0.717, 1.165) is 12.0 Å². The van der Waals surface area contributed by atoms with E-state index in [1.807, 2.05) is 30.3 Å². The number of nitrogens with zero attached hydrogens (tertiary/aromatic N) is 1. The fourth-order valence-electron chi connectivity index (χ4n) is 3.48. The van der Waals surface area contributed by atoms with Gasteiger partial charge in [0, 0.05) is 19.7 Å². The summed E-state index contributed by atoms with van der Waals surface area (Å²) in [6, 6.07) is 8.25. The molecule has 8 heteroatoms. The van der Waals surface area contributed by atoms with Gasteiger partial charge in [-0.15, -0.1) is 0 Å². The van der Waals surface area contributed by atoms with Crippen LogP contribution in [0.2, 0.25) is 0 Å². The SMILES string of the molecule is COC(=O)N[C@H](C(=O)N1CCC[C@H]1C(C)C(=O)OCc1ccccc1)[C@H](C)OC. The fraction of sp³-hybridized carbons (Fsp3) is 0.571. The molecule has 1 fully saturated rings. The Morgan fingerprint density at radius 3 is 2.48 bits per heavy atom. The van der Waals surface area contributed by atoms with E-state index >= 15 is 0 Å². The van der Waals surface area contributed by atoms with Crippen molar-refractivity contribution in [3.63, 3.8) is 0 Å². The van der Waals surface area contributed by atoms with Crippen LogP contribution in [0.25, 0.3) is 0 Å². The minimum atomic E-state index is -0.902. The lowest BCUT2D eigenvalue weighted by Crippen LogP contribution is -2.56. The van der Waals surface area contributed by atoms with Crippen LogP contribution in [0, 0.1) is 5.92 Å². The average Bonchev–Trinajstić information content (AvgIpc) is 3.24. The van der Waals surface area contributed by atoms with Crippen molar-refractivity contribution in [3.05, 3.63) is 35.9 Å². The van der Waals surface area contributed by atoms with Crippen LogP contribution < -0.4 is 5.32 Å². The van der Waals surface area contributed by atoms with Crippen molar-refractivity contribution in [2.24, 2.45) is 5.92 Å². The van der Waals surface area contributed by atoms with Crippen molar-refractivity contribution in [1.29, 1.82) is 0 Å². The molecule has 160 valence electrons. The van der Waals surface area contributed by atoms with Gasteiger partial charge in [-0.1, -0.05) is 30.3 Å². The highest BCUT2D eigenvalue weighted by Crippen LogP contribution is 2.26. The summed E-state index contributed by atoms with van der Waals surface area (Å²) in [6.45, 7) is 4.17. The maximum Gasteiger partial charge on any atom is 0.407 e. The van der Waals surface area contributed by atoms with Gasteiger partial charge in [0.2, 0.25) is 5.91 Å². The first-order chi connectivity index (χ1) is 13.9. The molecule has 4 atom stereocenters. The van der Waals surface area contributed by atoms with Crippen LogP contribution in [-0.2, 0) is 30.4 Å². The first-order valence-electron chi connectivity index (χ1n) is 9.77. The van der Waals surface area contributed by atoms with E-state index in [1.165, 1.54) is 14.2 Å². The molecule has 1 saturated heterocycles. The molecule has 0 aromatic heterocycles. The highest BCUT2D eigenvalue weighted by molar-refractivity contribution is 5.87. The average molecular weight is 406 g/mol. The van der Waals surface area contributed by atoms with Crippen molar-refractivity contribution < 1.29 is 28.6 Å². The van der Waals surface area contributed by atoms with Crippen LogP contribution in [0.3, 0.4) is 0 Å². The number of amides is 2. The van der Waals surface area contributed by atoms with E-state index in [0.29, 0.717) is 13.0 Å². The maximum atomic E-state index is 13.1. The number of methoxy groups -OCH3 is 2. The molecule has 2 rings (SSSR count). The molecule has 29 heavy (non-hydrogen) atoms. The number of hydrogen-bond donors (Lipinski definition) is 1. The Hall–Kier alpha value is -2.61. The van der Waals surface area contributed by atoms with Gasteiger partial charge in [0.1, 0.15) is 12.6 Å². The maximum absolute atomic E-state index is 13.1. The Morgan fingerprint density at radius 1 is 1.17 bits per heavy atom. The molecule has 1 heterocycles. The summed E-state index contributed by atoms with van der Waals surface area (Å²) in [4.78, 5) is 39.0. The first-order valence-corrected chi connectivity index (χ1v) is 9.77. The smallest absolute Gasteiger partial charge is 0.407 e. The van der Waals surface area contributed by atoms with Crippen LogP contribution in [0.5, 0.6) is 0 Å². The number of benzene rings is 1. The lowest BCUT2D eigenvalue weighted by molar-refractivity contribution is -0.153. The number of esters is 1. The van der Waals surface area contributed by atoms with E-state index in [4.69, 9.17) is 9.47 Å². The Labute approximate surface area is 171 Å². The van der Waals surface area contributed by atoms with Gasteiger partial charge in [0.15, 0.2) is 0 Å². The van der Waals surface area contributed by atoms with Crippen molar-refractivity contribution in [2.45, 2.75) is 51.5 Å². The van der Waals surface area contributed by atoms with Gasteiger partial charge in [-0.3, -0.25) is 9.59 Å². The monoisotopic (exact) mass is 406 g/mol. The molecule has 1 aromatic carbocycles. The predicted molar refractivity (Wildman–Crippen MR) is 106 cm³/mol. The molecule has 1 aromatic rings. The van der Waals surface area contributed by atoms with Gasteiger partial charge in [-0.25, -0.2) is 4.79 Å². The largest absolute Gasteiger partial charge is 0.461 e. The Kier molecular flexibility index (Phi) is 8.45. The first kappa shape index (κ1) is 22.7. The highest BCUT2D eigenvalue weighted by atomic mass is 16.5. The molecule has 0 radical (unpaired) electrons. The summed E-state index contributed by atoms with van der Waals surface area (Å²) in [6.07, 6.45) is 0.208. The van der Waals surface area contributed by atoms with Crippen LogP contribution >= 0.6 is 0 Å². The third kappa shape index (κ3) is 5.93. The normalized spacial score (nSPS) is 19.2. The Balaban J connectivity index is 2.04. The molecule has 1 N–H and O–H groups in total. The third-order valence-corrected chi connectivity index (χ3v) is 5.32. The molecule has 8 nitrogen and oxygen atoms in total. The van der Waals surface area contributed by atoms with Crippen molar-refractivity contribution in [1.82, 2.24) is 10.2 Å². The summed E-state index contributed by atoms with van der Waals surface area (Å²) < 4.78 is 15.3. The van der Waals surface area contributed by atoms with E-state index in [-0.39, 0.29) is 24.5 Å². The fourth-order valence-corrected chi connectivity index (χ4v) is 3.48. The quantitative estimate of drug-likeness (QED) is 0.665. The van der Waals surface area contributed by atoms with Crippen LogP contribution in [-0.4, -0.2) is 61.8 Å². The molecular formula is C21H30N2O6. The number of rotatable bonds is 8. The molecule has 0 spiro atoms. The van der Waals surface area contributed by atoms with Crippen molar-refractivity contribution in [3.8, 4) is 0 Å². The van der Waals surface area contributed by atoms with E-state index in [1.54, 1.807) is 18.7 Å². The Bertz CT molecular complexity index is 696. The van der Waals surface area contributed by atoms with E-state index in [9.17, 15) is 14.4 Å². The summed E-state index contributed by atoms with van der Waals surface area (Å²) in [5.41, 5.74) is 0.906. The van der Waals surface area contributed by atoms with Gasteiger partial charge in [-0.2, -0.15) is 0 Å². The van der Waals surface area contributed by atoms with Gasteiger partial charge in [0.25, 0.3) is 0 Å². The molecule has 2 amide bonds. The van der Waals surface area contributed by atoms with Gasteiger partial charge in [0.05, 0.1) is 19.1 Å². The van der Waals surface area contributed by atoms with Crippen LogP contribution in [0.4, 0.5) is 4.79 Å². The molecule has 0 aliphatic carbocycles.